The van der Waals surface area contributed by atoms with Crippen LogP contribution in [0.1, 0.15) is 37.7 Å². The van der Waals surface area contributed by atoms with Crippen molar-refractivity contribution >= 4 is 11.5 Å². The van der Waals surface area contributed by atoms with Crippen LogP contribution >= 0.6 is 0 Å². The van der Waals surface area contributed by atoms with Crippen molar-refractivity contribution in [2.45, 2.75) is 32.1 Å². The molecule has 1 fully saturated rings. The number of benzene rings is 1. The largest absolute Gasteiger partial charge is 0.422 e. The molecule has 0 bridgehead atoms. The number of allylic oxidation sites excluding steroid dienone is 1. The molecule has 16 heavy (non-hydrogen) atoms. The van der Waals surface area contributed by atoms with Crippen molar-refractivity contribution in [3.63, 3.8) is 0 Å². The fourth-order valence-electron chi connectivity index (χ4n) is 2.59. The van der Waals surface area contributed by atoms with E-state index in [2.05, 4.69) is 0 Å². The van der Waals surface area contributed by atoms with E-state index in [-0.39, 0.29) is 5.97 Å². The Labute approximate surface area is 94.9 Å². The van der Waals surface area contributed by atoms with Crippen molar-refractivity contribution in [3.8, 4) is 5.75 Å². The van der Waals surface area contributed by atoms with Gasteiger partial charge in [-0.15, -0.1) is 0 Å². The Morgan fingerprint density at radius 1 is 1.00 bits per heavy atom. The fraction of sp³-hybridized carbons (Fsp3) is 0.357. The van der Waals surface area contributed by atoms with Crippen molar-refractivity contribution in [1.82, 2.24) is 0 Å². The van der Waals surface area contributed by atoms with Crippen molar-refractivity contribution < 1.29 is 9.53 Å². The van der Waals surface area contributed by atoms with E-state index < -0.39 is 0 Å². The van der Waals surface area contributed by atoms with Crippen molar-refractivity contribution in [2.75, 3.05) is 0 Å². The van der Waals surface area contributed by atoms with Crippen LogP contribution < -0.4 is 4.74 Å². The third kappa shape index (κ3) is 1.45. The molecule has 1 aromatic rings. The van der Waals surface area contributed by atoms with Crippen LogP contribution in [0.3, 0.4) is 0 Å². The maximum atomic E-state index is 11.9. The van der Waals surface area contributed by atoms with Crippen molar-refractivity contribution in [2.24, 2.45) is 0 Å². The lowest BCUT2D eigenvalue weighted by Gasteiger charge is -2.15. The summed E-state index contributed by atoms with van der Waals surface area (Å²) in [6.07, 6.45) is 5.80. The summed E-state index contributed by atoms with van der Waals surface area (Å²) in [5, 5.41) is 0. The molecule has 1 heterocycles. The van der Waals surface area contributed by atoms with Gasteiger partial charge in [0.25, 0.3) is 0 Å². The van der Waals surface area contributed by atoms with Gasteiger partial charge < -0.3 is 4.74 Å². The van der Waals surface area contributed by atoms with E-state index in [1.54, 1.807) is 0 Å². The number of hydrogen-bond acceptors (Lipinski definition) is 2. The zero-order valence-corrected chi connectivity index (χ0v) is 9.16. The van der Waals surface area contributed by atoms with Crippen LogP contribution in [0, 0.1) is 0 Å². The molecule has 0 unspecified atom stereocenters. The highest BCUT2D eigenvalue weighted by Gasteiger charge is 2.29. The minimum absolute atomic E-state index is 0.155. The summed E-state index contributed by atoms with van der Waals surface area (Å²) in [5.74, 6) is 0.568. The van der Waals surface area contributed by atoms with Crippen LogP contribution in [0.5, 0.6) is 5.75 Å². The number of carbonyl (C=O) groups excluding carboxylic acids is 1. The van der Waals surface area contributed by atoms with Crippen LogP contribution in [0.15, 0.2) is 29.8 Å². The van der Waals surface area contributed by atoms with Gasteiger partial charge in [0.15, 0.2) is 0 Å². The van der Waals surface area contributed by atoms with Crippen LogP contribution in [0.25, 0.3) is 5.57 Å². The van der Waals surface area contributed by atoms with E-state index in [1.165, 1.54) is 24.8 Å². The lowest BCUT2D eigenvalue weighted by molar-refractivity contribution is -0.127. The van der Waals surface area contributed by atoms with E-state index in [4.69, 9.17) is 4.74 Å². The summed E-state index contributed by atoms with van der Waals surface area (Å²) in [7, 11) is 0. The van der Waals surface area contributed by atoms with E-state index in [9.17, 15) is 4.79 Å². The van der Waals surface area contributed by atoms with Gasteiger partial charge in [-0.2, -0.15) is 0 Å². The Kier molecular flexibility index (Phi) is 2.28. The van der Waals surface area contributed by atoms with Gasteiger partial charge in [-0.05, 0) is 31.7 Å². The quantitative estimate of drug-likeness (QED) is 0.376. The van der Waals surface area contributed by atoms with Crippen LogP contribution in [0.2, 0.25) is 0 Å². The van der Waals surface area contributed by atoms with Crippen LogP contribution in [-0.4, -0.2) is 5.97 Å². The number of rotatable bonds is 0. The first-order chi connectivity index (χ1) is 7.86. The van der Waals surface area contributed by atoms with Crippen LogP contribution in [-0.2, 0) is 4.79 Å². The zero-order chi connectivity index (χ0) is 11.0. The van der Waals surface area contributed by atoms with Gasteiger partial charge in [0.1, 0.15) is 5.75 Å². The number of esters is 1. The normalized spacial score (nSPS) is 19.6. The highest BCUT2D eigenvalue weighted by Crippen LogP contribution is 2.39. The molecule has 0 atom stereocenters. The molecule has 2 heteroatoms. The summed E-state index contributed by atoms with van der Waals surface area (Å²) >= 11 is 0. The molecule has 0 N–H and O–H groups in total. The summed E-state index contributed by atoms with van der Waals surface area (Å²) in [4.78, 5) is 11.9. The fourth-order valence-corrected chi connectivity index (χ4v) is 2.59. The average molecular weight is 214 g/mol. The molecule has 0 saturated heterocycles. The third-order valence-corrected chi connectivity index (χ3v) is 3.37. The van der Waals surface area contributed by atoms with Gasteiger partial charge in [0, 0.05) is 5.56 Å². The molecule has 2 aliphatic rings. The molecule has 1 saturated carbocycles. The average Bonchev–Trinajstić information content (AvgIpc) is 2.66. The second kappa shape index (κ2) is 3.78. The number of fused-ring (bicyclic) bond motifs is 1. The molecule has 3 rings (SSSR count). The molecule has 0 amide bonds. The minimum atomic E-state index is -0.155. The number of hydrogen-bond donors (Lipinski definition) is 0. The molecule has 0 spiro atoms. The predicted octanol–water partition coefficient (Wildman–Crippen LogP) is 3.32. The Morgan fingerprint density at radius 2 is 1.75 bits per heavy atom. The SMILES string of the molecule is O=C1Oc2ccccc2C1=C1CCCCC1. The Bertz CT molecular complexity index is 463. The first-order valence-corrected chi connectivity index (χ1v) is 5.90. The van der Waals surface area contributed by atoms with E-state index in [0.717, 1.165) is 29.7 Å². The molecule has 1 aliphatic heterocycles. The molecule has 0 aromatic heterocycles. The van der Waals surface area contributed by atoms with Crippen LogP contribution in [0.4, 0.5) is 0 Å². The lowest BCUT2D eigenvalue weighted by Crippen LogP contribution is -2.06. The first kappa shape index (κ1) is 9.64. The highest BCUT2D eigenvalue weighted by molar-refractivity contribution is 6.22. The summed E-state index contributed by atoms with van der Waals surface area (Å²) in [5.41, 5.74) is 3.13. The molecular weight excluding hydrogens is 200 g/mol. The summed E-state index contributed by atoms with van der Waals surface area (Å²) in [6.45, 7) is 0. The summed E-state index contributed by atoms with van der Waals surface area (Å²) in [6, 6.07) is 7.71. The Balaban J connectivity index is 2.10. The number of ether oxygens (including phenoxy) is 1. The zero-order valence-electron chi connectivity index (χ0n) is 9.16. The summed E-state index contributed by atoms with van der Waals surface area (Å²) < 4.78 is 5.28. The van der Waals surface area contributed by atoms with Crippen molar-refractivity contribution in [3.05, 3.63) is 35.4 Å². The monoisotopic (exact) mass is 214 g/mol. The van der Waals surface area contributed by atoms with Gasteiger partial charge in [-0.3, -0.25) is 0 Å². The number of carbonyl (C=O) groups is 1. The maximum absolute atomic E-state index is 11.9. The van der Waals surface area contributed by atoms with Crippen molar-refractivity contribution in [1.29, 1.82) is 0 Å². The Morgan fingerprint density at radius 3 is 2.56 bits per heavy atom. The third-order valence-electron chi connectivity index (χ3n) is 3.37. The molecule has 0 radical (unpaired) electrons. The topological polar surface area (TPSA) is 26.3 Å². The molecule has 1 aromatic carbocycles. The maximum Gasteiger partial charge on any atom is 0.344 e. The van der Waals surface area contributed by atoms with Gasteiger partial charge in [0.2, 0.25) is 0 Å². The molecule has 82 valence electrons. The van der Waals surface area contributed by atoms with E-state index in [1.807, 2.05) is 24.3 Å². The van der Waals surface area contributed by atoms with Gasteiger partial charge in [0.05, 0.1) is 5.57 Å². The highest BCUT2D eigenvalue weighted by atomic mass is 16.5. The first-order valence-electron chi connectivity index (χ1n) is 5.90. The second-order valence-electron chi connectivity index (χ2n) is 4.42. The molecule has 2 nitrogen and oxygen atoms in total. The minimum Gasteiger partial charge on any atom is -0.422 e. The van der Waals surface area contributed by atoms with Gasteiger partial charge in [-0.25, -0.2) is 4.79 Å². The van der Waals surface area contributed by atoms with E-state index in [0.29, 0.717) is 0 Å². The Hall–Kier alpha value is -1.57. The van der Waals surface area contributed by atoms with Gasteiger partial charge in [-0.1, -0.05) is 30.2 Å². The molecule has 1 aliphatic carbocycles. The lowest BCUT2D eigenvalue weighted by atomic mass is 9.89. The number of para-hydroxylation sites is 1. The van der Waals surface area contributed by atoms with Gasteiger partial charge >= 0.3 is 5.97 Å². The molecular formula is C14H14O2. The van der Waals surface area contributed by atoms with E-state index >= 15 is 0 Å². The predicted molar refractivity (Wildman–Crippen MR) is 62.1 cm³/mol. The second-order valence-corrected chi connectivity index (χ2v) is 4.42. The smallest absolute Gasteiger partial charge is 0.344 e. The standard InChI is InChI=1S/C14H14O2/c15-14-13(10-6-2-1-3-7-10)11-8-4-5-9-12(11)16-14/h4-5,8-9H,1-3,6-7H2.